The van der Waals surface area contributed by atoms with Crippen molar-refractivity contribution in [3.63, 3.8) is 0 Å². The van der Waals surface area contributed by atoms with Gasteiger partial charge in [0, 0.05) is 25.4 Å². The molecule has 1 aromatic carbocycles. The molecular formula is C18H24F4IN5O. The van der Waals surface area contributed by atoms with E-state index < -0.39 is 17.7 Å². The van der Waals surface area contributed by atoms with Gasteiger partial charge in [-0.2, -0.15) is 18.3 Å². The first-order valence-corrected chi connectivity index (χ1v) is 8.63. The Morgan fingerprint density at radius 2 is 2.03 bits per heavy atom. The highest BCUT2D eigenvalue weighted by Gasteiger charge is 2.36. The van der Waals surface area contributed by atoms with E-state index >= 15 is 0 Å². The Hall–Kier alpha value is -2.05. The Balaban J connectivity index is 0.00000420. The molecule has 0 spiro atoms. The summed E-state index contributed by atoms with van der Waals surface area (Å²) in [5, 5.41) is 9.49. The van der Waals surface area contributed by atoms with Gasteiger partial charge < -0.3 is 15.4 Å². The first-order valence-electron chi connectivity index (χ1n) is 8.63. The zero-order valence-corrected chi connectivity index (χ0v) is 18.8. The standard InChI is InChI=1S/C18H23F4N5O.HI/c1-5-23-17(24-9-13-10-27(3)26-16(13)18(20,21)22)25-11(2)12-6-7-15(28-4)14(19)8-12;/h6-8,10-11H,5,9H2,1-4H3,(H2,23,24,25);1H. The number of benzene rings is 1. The Bertz CT molecular complexity index is 838. The van der Waals surface area contributed by atoms with Crippen LogP contribution in [0.15, 0.2) is 29.4 Å². The quantitative estimate of drug-likeness (QED) is 0.257. The van der Waals surface area contributed by atoms with Crippen molar-refractivity contribution in [2.45, 2.75) is 32.6 Å². The molecule has 0 aliphatic carbocycles. The van der Waals surface area contributed by atoms with Crippen LogP contribution in [0.1, 0.15) is 36.7 Å². The van der Waals surface area contributed by atoms with Crippen molar-refractivity contribution in [2.75, 3.05) is 13.7 Å². The summed E-state index contributed by atoms with van der Waals surface area (Å²) in [7, 11) is 2.80. The fourth-order valence-electron chi connectivity index (χ4n) is 2.62. The lowest BCUT2D eigenvalue weighted by Gasteiger charge is -2.18. The number of alkyl halides is 3. The van der Waals surface area contributed by atoms with E-state index in [4.69, 9.17) is 4.74 Å². The van der Waals surface area contributed by atoms with Gasteiger partial charge in [-0.25, -0.2) is 9.38 Å². The van der Waals surface area contributed by atoms with E-state index in [9.17, 15) is 17.6 Å². The van der Waals surface area contributed by atoms with Gasteiger partial charge in [0.2, 0.25) is 0 Å². The molecule has 2 aromatic rings. The fourth-order valence-corrected chi connectivity index (χ4v) is 2.62. The summed E-state index contributed by atoms with van der Waals surface area (Å²) in [6.45, 7) is 3.93. The molecule has 0 aliphatic heterocycles. The molecule has 1 heterocycles. The molecule has 29 heavy (non-hydrogen) atoms. The van der Waals surface area contributed by atoms with E-state index in [2.05, 4.69) is 20.7 Å². The minimum atomic E-state index is -4.55. The van der Waals surface area contributed by atoms with E-state index in [1.54, 1.807) is 13.0 Å². The number of aromatic nitrogens is 2. The van der Waals surface area contributed by atoms with Crippen LogP contribution >= 0.6 is 24.0 Å². The van der Waals surface area contributed by atoms with Gasteiger partial charge in [0.15, 0.2) is 23.2 Å². The molecule has 0 radical (unpaired) electrons. The minimum Gasteiger partial charge on any atom is -0.494 e. The molecule has 1 unspecified atom stereocenters. The Morgan fingerprint density at radius 1 is 1.34 bits per heavy atom. The van der Waals surface area contributed by atoms with E-state index in [1.807, 2.05) is 6.92 Å². The molecule has 6 nitrogen and oxygen atoms in total. The molecule has 0 bridgehead atoms. The van der Waals surface area contributed by atoms with Crippen molar-refractivity contribution in [1.29, 1.82) is 0 Å². The lowest BCUT2D eigenvalue weighted by molar-refractivity contribution is -0.142. The van der Waals surface area contributed by atoms with Crippen molar-refractivity contribution in [1.82, 2.24) is 20.4 Å². The van der Waals surface area contributed by atoms with Gasteiger partial charge in [-0.15, -0.1) is 24.0 Å². The summed E-state index contributed by atoms with van der Waals surface area (Å²) < 4.78 is 59.1. The molecule has 0 saturated carbocycles. The van der Waals surface area contributed by atoms with E-state index in [0.29, 0.717) is 18.1 Å². The molecule has 1 atom stereocenters. The van der Waals surface area contributed by atoms with Crippen LogP contribution < -0.4 is 15.4 Å². The number of guanidine groups is 1. The number of ether oxygens (including phenoxy) is 1. The van der Waals surface area contributed by atoms with Crippen LogP contribution in [0.4, 0.5) is 17.6 Å². The van der Waals surface area contributed by atoms with Crippen molar-refractivity contribution < 1.29 is 22.3 Å². The predicted molar refractivity (Wildman–Crippen MR) is 113 cm³/mol. The summed E-state index contributed by atoms with van der Waals surface area (Å²) in [6.07, 6.45) is -3.26. The third kappa shape index (κ3) is 6.75. The van der Waals surface area contributed by atoms with Crippen LogP contribution in [0.2, 0.25) is 0 Å². The second-order valence-corrected chi connectivity index (χ2v) is 6.13. The Labute approximate surface area is 183 Å². The summed E-state index contributed by atoms with van der Waals surface area (Å²) in [6, 6.07) is 4.21. The number of halogens is 5. The molecule has 2 rings (SSSR count). The van der Waals surface area contributed by atoms with Crippen LogP contribution in [0.3, 0.4) is 0 Å². The maximum absolute atomic E-state index is 13.9. The van der Waals surface area contributed by atoms with Crippen molar-refractivity contribution in [3.8, 4) is 5.75 Å². The monoisotopic (exact) mass is 529 g/mol. The second kappa shape index (κ2) is 10.6. The number of methoxy groups -OCH3 is 1. The van der Waals surface area contributed by atoms with Crippen LogP contribution in [0.25, 0.3) is 0 Å². The smallest absolute Gasteiger partial charge is 0.435 e. The highest BCUT2D eigenvalue weighted by molar-refractivity contribution is 14.0. The number of nitrogens with one attached hydrogen (secondary N) is 2. The van der Waals surface area contributed by atoms with E-state index in [1.165, 1.54) is 32.5 Å². The third-order valence-electron chi connectivity index (χ3n) is 3.95. The maximum Gasteiger partial charge on any atom is 0.435 e. The molecule has 1 aromatic heterocycles. The van der Waals surface area contributed by atoms with Gasteiger partial charge in [0.25, 0.3) is 0 Å². The van der Waals surface area contributed by atoms with Gasteiger partial charge in [-0.05, 0) is 31.5 Å². The fraction of sp³-hybridized carbons (Fsp3) is 0.444. The predicted octanol–water partition coefficient (Wildman–Crippen LogP) is 4.02. The normalized spacial score (nSPS) is 12.9. The number of nitrogens with zero attached hydrogens (tertiary/aromatic N) is 3. The summed E-state index contributed by atoms with van der Waals surface area (Å²) in [5.41, 5.74) is -0.350. The van der Waals surface area contributed by atoms with Crippen LogP contribution in [-0.2, 0) is 19.8 Å². The second-order valence-electron chi connectivity index (χ2n) is 6.13. The Kier molecular flexibility index (Phi) is 9.17. The zero-order chi connectivity index (χ0) is 20.9. The van der Waals surface area contributed by atoms with Crippen molar-refractivity contribution in [2.24, 2.45) is 12.0 Å². The molecule has 0 amide bonds. The first kappa shape index (κ1) is 25.0. The van der Waals surface area contributed by atoms with Crippen molar-refractivity contribution >= 4 is 29.9 Å². The van der Waals surface area contributed by atoms with Crippen LogP contribution in [0, 0.1) is 5.82 Å². The molecule has 0 aliphatic rings. The topological polar surface area (TPSA) is 63.5 Å². The largest absolute Gasteiger partial charge is 0.494 e. The van der Waals surface area contributed by atoms with Gasteiger partial charge in [0.1, 0.15) is 0 Å². The molecule has 0 fully saturated rings. The maximum atomic E-state index is 13.9. The number of aryl methyl sites for hydroxylation is 1. The van der Waals surface area contributed by atoms with E-state index in [0.717, 1.165) is 4.68 Å². The number of aliphatic imine (C=N–C) groups is 1. The van der Waals surface area contributed by atoms with Gasteiger partial charge in [0.05, 0.1) is 19.7 Å². The van der Waals surface area contributed by atoms with Gasteiger partial charge in [-0.3, -0.25) is 4.68 Å². The average Bonchev–Trinajstić information content (AvgIpc) is 3.01. The van der Waals surface area contributed by atoms with Crippen LogP contribution in [-0.4, -0.2) is 29.4 Å². The molecule has 0 saturated heterocycles. The van der Waals surface area contributed by atoms with Gasteiger partial charge >= 0.3 is 6.18 Å². The molecular weight excluding hydrogens is 505 g/mol. The first-order chi connectivity index (χ1) is 13.2. The average molecular weight is 529 g/mol. The van der Waals surface area contributed by atoms with E-state index in [-0.39, 0.29) is 47.9 Å². The Morgan fingerprint density at radius 3 is 2.59 bits per heavy atom. The lowest BCUT2D eigenvalue weighted by Crippen LogP contribution is -2.38. The van der Waals surface area contributed by atoms with Crippen LogP contribution in [0.5, 0.6) is 5.75 Å². The molecule has 2 N–H and O–H groups in total. The number of hydrogen-bond acceptors (Lipinski definition) is 3. The van der Waals surface area contributed by atoms with Gasteiger partial charge in [-0.1, -0.05) is 6.07 Å². The third-order valence-corrected chi connectivity index (χ3v) is 3.95. The minimum absolute atomic E-state index is 0. The summed E-state index contributed by atoms with van der Waals surface area (Å²) >= 11 is 0. The molecule has 162 valence electrons. The molecule has 11 heteroatoms. The number of hydrogen-bond donors (Lipinski definition) is 2. The number of rotatable bonds is 6. The van der Waals surface area contributed by atoms with Crippen molar-refractivity contribution in [3.05, 3.63) is 47.0 Å². The highest BCUT2D eigenvalue weighted by Crippen LogP contribution is 2.30. The SMILES string of the molecule is CCNC(=NCc1cn(C)nc1C(F)(F)F)NC(C)c1ccc(OC)c(F)c1.I. The highest BCUT2D eigenvalue weighted by atomic mass is 127. The lowest BCUT2D eigenvalue weighted by atomic mass is 10.1. The summed E-state index contributed by atoms with van der Waals surface area (Å²) in [4.78, 5) is 4.22. The summed E-state index contributed by atoms with van der Waals surface area (Å²) in [5.74, 6) is -0.0586. The zero-order valence-electron chi connectivity index (χ0n) is 16.5.